The van der Waals surface area contributed by atoms with Crippen molar-refractivity contribution in [3.05, 3.63) is 74.4 Å². The number of pyridine rings is 2. The number of aliphatic hydroxyl groups is 2. The standard InChI is InChI=1S/C32H44ClN5O7Si.C20H31BN2O4.C18H25ClIN3O5Si/c1-36(2)32(40)44-22-10-12-37(13-11-22)21-8-6-20(7-9-21)27-23(33)16-24-30(35-27)38(19-41-14-15-46(3,4)5)31(34-24)45-26-18-43-28-25(39)17-42-29(26)28;1-19(2)20(3,4)27-21(26-19)15-7-9-16(10-8-15)23-13-11-17(12-14-23)25-18(24)22(5)6;1-29(2,3)5-4-25-9-23-17-11(6-10(19)16(20)22-17)21-18(23)28-13-8-27-14-12(24)7-26-15(13)14/h6-9,16,22,25-26,28-29,39H,10-15,17-19H2,1-5H3;7-10,17H,11-14H2,1-6H3;6,12-15,24H,4-5,7-9H2,1-3H3/t25-,26-,28-,29-;;12-,13-,14-,15-/m1.1/s1. The summed E-state index contributed by atoms with van der Waals surface area (Å²) in [4.78, 5) is 50.1. The van der Waals surface area contributed by atoms with Gasteiger partial charge in [0.1, 0.15) is 77.0 Å². The van der Waals surface area contributed by atoms with Crippen LogP contribution in [0.5, 0.6) is 12.0 Å². The van der Waals surface area contributed by atoms with Crippen LogP contribution in [0.4, 0.5) is 21.0 Å². The quantitative estimate of drug-likeness (QED) is 0.0312. The summed E-state index contributed by atoms with van der Waals surface area (Å²) in [6, 6.07) is 23.0. The van der Waals surface area contributed by atoms with Gasteiger partial charge in [0.05, 0.1) is 53.4 Å². The fourth-order valence-corrected chi connectivity index (χ4v) is 14.9. The van der Waals surface area contributed by atoms with Crippen molar-refractivity contribution in [3.63, 3.8) is 0 Å². The monoisotopic (exact) mass is 1600 g/mol. The zero-order valence-electron chi connectivity index (χ0n) is 61.1. The Morgan fingerprint density at radius 2 is 0.990 bits per heavy atom. The molecular weight excluding hydrogens is 1500 g/mol. The van der Waals surface area contributed by atoms with Gasteiger partial charge >= 0.3 is 31.3 Å². The summed E-state index contributed by atoms with van der Waals surface area (Å²) in [5.74, 6) is 0. The molecule has 7 aliphatic rings. The molecule has 26 nitrogen and oxygen atoms in total. The molecule has 7 fully saturated rings. The number of hydrogen-bond acceptors (Lipinski definition) is 22. The minimum atomic E-state index is -1.29. The third kappa shape index (κ3) is 19.0. The summed E-state index contributed by atoms with van der Waals surface area (Å²) >= 11 is 15.1. The molecule has 2 amide bonds. The van der Waals surface area contributed by atoms with Crippen LogP contribution in [0.2, 0.25) is 61.4 Å². The average Bonchev–Trinajstić information content (AvgIpc) is 1.64. The summed E-state index contributed by atoms with van der Waals surface area (Å²) in [5, 5.41) is 21.2. The van der Waals surface area contributed by atoms with Crippen LogP contribution >= 0.6 is 45.8 Å². The van der Waals surface area contributed by atoms with Gasteiger partial charge in [-0.1, -0.05) is 86.7 Å². The number of halogens is 3. The second-order valence-electron chi connectivity index (χ2n) is 30.9. The summed E-state index contributed by atoms with van der Waals surface area (Å²) < 4.78 is 75.1. The van der Waals surface area contributed by atoms with Gasteiger partial charge in [-0.05, 0) is 104 Å². The number of ether oxygens (including phenoxy) is 10. The molecule has 0 bridgehead atoms. The fraction of sp³-hybridized carbons (Fsp3) is 0.629. The molecule has 7 saturated heterocycles. The maximum atomic E-state index is 11.9. The maximum Gasteiger partial charge on any atom is 0.494 e. The molecule has 0 saturated carbocycles. The summed E-state index contributed by atoms with van der Waals surface area (Å²) in [5.41, 5.74) is 6.64. The summed E-state index contributed by atoms with van der Waals surface area (Å²) in [7, 11) is 4.00. The van der Waals surface area contributed by atoms with E-state index in [4.69, 9.17) is 89.8 Å². The number of nitrogens with zero attached hydrogens (tertiary/aromatic N) is 10. The van der Waals surface area contributed by atoms with E-state index in [9.17, 15) is 19.8 Å². The van der Waals surface area contributed by atoms with Crippen LogP contribution in [-0.4, -0.2) is 251 Å². The van der Waals surface area contributed by atoms with Crippen molar-refractivity contribution in [1.82, 2.24) is 38.9 Å². The number of imidazole rings is 2. The number of piperidine rings is 2. The van der Waals surface area contributed by atoms with Gasteiger partial charge in [0.25, 0.3) is 0 Å². The van der Waals surface area contributed by atoms with Gasteiger partial charge in [-0.2, -0.15) is 9.97 Å². The number of aromatic nitrogens is 6. The Hall–Kier alpha value is -5.17. The number of aliphatic hydroxyl groups excluding tert-OH is 2. The van der Waals surface area contributed by atoms with Crippen LogP contribution in [0.15, 0.2) is 60.7 Å². The highest BCUT2D eigenvalue weighted by atomic mass is 127. The number of carbonyl (C=O) groups is 2. The number of amides is 2. The highest BCUT2D eigenvalue weighted by Gasteiger charge is 2.53. The highest BCUT2D eigenvalue weighted by molar-refractivity contribution is 14.1. The van der Waals surface area contributed by atoms with Gasteiger partial charge in [0.2, 0.25) is 0 Å². The van der Waals surface area contributed by atoms with Crippen molar-refractivity contribution in [3.8, 4) is 23.3 Å². The van der Waals surface area contributed by atoms with Crippen molar-refractivity contribution in [2.45, 2.75) is 190 Å². The van der Waals surface area contributed by atoms with Gasteiger partial charge in [0.15, 0.2) is 23.5 Å². The molecule has 2 aromatic carbocycles. The lowest BCUT2D eigenvalue weighted by atomic mass is 9.79. The molecule has 0 unspecified atom stereocenters. The Morgan fingerprint density at radius 3 is 1.41 bits per heavy atom. The van der Waals surface area contributed by atoms with Crippen molar-refractivity contribution >= 4 is 120 Å². The largest absolute Gasteiger partial charge is 0.494 e. The van der Waals surface area contributed by atoms with E-state index >= 15 is 0 Å². The van der Waals surface area contributed by atoms with Gasteiger partial charge in [-0.25, -0.2) is 19.6 Å². The molecule has 0 spiro atoms. The number of rotatable bonds is 20. The van der Waals surface area contributed by atoms with Crippen LogP contribution in [-0.2, 0) is 60.7 Å². The van der Waals surface area contributed by atoms with Crippen molar-refractivity contribution in [1.29, 1.82) is 0 Å². The fourth-order valence-electron chi connectivity index (χ4n) is 12.6. The molecule has 4 aromatic heterocycles. The van der Waals surface area contributed by atoms with Crippen LogP contribution in [0.3, 0.4) is 0 Å². The van der Waals surface area contributed by atoms with E-state index in [0.717, 1.165) is 80.7 Å². The molecule has 0 aliphatic carbocycles. The molecule has 11 heterocycles. The van der Waals surface area contributed by atoms with Gasteiger partial charge in [-0.15, -0.1) is 0 Å². The molecule has 102 heavy (non-hydrogen) atoms. The first-order valence-electron chi connectivity index (χ1n) is 35.2. The second kappa shape index (κ2) is 32.9. The lowest BCUT2D eigenvalue weighted by Gasteiger charge is -2.33. The Bertz CT molecular complexity index is 3820. The number of fused-ring (bicyclic) bond motifs is 4. The van der Waals surface area contributed by atoms with E-state index in [-0.39, 0.29) is 100 Å². The van der Waals surface area contributed by atoms with Crippen LogP contribution in [0, 0.1) is 3.70 Å². The maximum absolute atomic E-state index is 11.9. The van der Waals surface area contributed by atoms with Crippen molar-refractivity contribution in [2.75, 3.05) is 104 Å². The Morgan fingerprint density at radius 1 is 0.588 bits per heavy atom. The van der Waals surface area contributed by atoms with E-state index in [1.807, 2.05) is 27.3 Å². The van der Waals surface area contributed by atoms with Crippen molar-refractivity contribution < 1.29 is 76.5 Å². The lowest BCUT2D eigenvalue weighted by molar-refractivity contribution is 0.00332. The van der Waals surface area contributed by atoms with E-state index in [0.29, 0.717) is 73.6 Å². The second-order valence-corrected chi connectivity index (χ2v) is 44.0. The topological polar surface area (TPSA) is 260 Å². The highest BCUT2D eigenvalue weighted by Crippen LogP contribution is 2.39. The van der Waals surface area contributed by atoms with E-state index in [2.05, 4.69) is 146 Å². The zero-order valence-corrected chi connectivity index (χ0v) is 66.7. The van der Waals surface area contributed by atoms with Crippen molar-refractivity contribution in [2.24, 2.45) is 0 Å². The molecule has 32 heteroatoms. The molecule has 558 valence electrons. The predicted molar refractivity (Wildman–Crippen MR) is 404 cm³/mol. The minimum absolute atomic E-state index is 0.000162. The SMILES string of the molecule is CN(C)C(=O)OC1CCN(c2ccc(-c3nc4c(cc3Cl)nc(O[C@@H]3CO[C@H]5[C@@H]3OC[C@H]5O)n4COCC[Si](C)(C)C)cc2)CC1.CN(C)C(=O)OC1CCN(c2ccc(B3OC(C)(C)C(C)(C)O3)cc2)CC1.C[Si](C)(C)CCOCn1c(O[C@@H]2CO[C@H]3[C@@H]2OC[C@H]3O)nc2cc(Cl)c(I)nc21. The Labute approximate surface area is 623 Å². The van der Waals surface area contributed by atoms with E-state index in [1.54, 1.807) is 34.3 Å². The normalized spacial score (nSPS) is 24.1. The average molecular weight is 1600 g/mol. The van der Waals surface area contributed by atoms with Gasteiger partial charge in [0, 0.05) is 126 Å². The van der Waals surface area contributed by atoms with Gasteiger partial charge in [-0.3, -0.25) is 9.13 Å². The number of carbonyl (C=O) groups excluding carboxylic acids is 2. The summed E-state index contributed by atoms with van der Waals surface area (Å²) in [6.45, 7) is 28.4. The first-order valence-corrected chi connectivity index (χ1v) is 44.5. The van der Waals surface area contributed by atoms with Crippen LogP contribution in [0.25, 0.3) is 33.6 Å². The number of hydrogen-bond donors (Lipinski definition) is 2. The minimum Gasteiger partial charge on any atom is -0.456 e. The molecule has 8 atom stereocenters. The first kappa shape index (κ1) is 77.9. The Balaban J connectivity index is 0.000000162. The predicted octanol–water partition coefficient (Wildman–Crippen LogP) is 10.2. The third-order valence-electron chi connectivity index (χ3n) is 19.6. The summed E-state index contributed by atoms with van der Waals surface area (Å²) in [6.07, 6.45) is -0.927. The zero-order chi connectivity index (χ0) is 73.2. The van der Waals surface area contributed by atoms with Crippen LogP contribution < -0.4 is 24.7 Å². The lowest BCUT2D eigenvalue weighted by Crippen LogP contribution is -2.41. The Kier molecular flexibility index (Phi) is 25.1. The van der Waals surface area contributed by atoms with Crippen LogP contribution in [0.1, 0.15) is 53.4 Å². The molecule has 6 aromatic rings. The molecule has 7 aliphatic heterocycles. The number of benzene rings is 2. The van der Waals surface area contributed by atoms with E-state index in [1.165, 1.54) is 15.5 Å². The molecular formula is C70H100BCl2IN10O16Si2. The molecule has 2 N–H and O–H groups in total. The van der Waals surface area contributed by atoms with Gasteiger partial charge < -0.3 is 86.5 Å². The van der Waals surface area contributed by atoms with E-state index < -0.39 is 40.6 Å². The third-order valence-corrected chi connectivity index (χ3v) is 24.7. The molecule has 0 radical (unpaired) electrons. The number of anilines is 2. The smallest absolute Gasteiger partial charge is 0.456 e. The first-order chi connectivity index (χ1) is 48.3. The molecule has 13 rings (SSSR count).